The Labute approximate surface area is 76.4 Å². The average Bonchev–Trinajstić information content (AvgIpc) is 2.29. The van der Waals surface area contributed by atoms with Crippen LogP contribution in [-0.2, 0) is 0 Å². The lowest BCUT2D eigenvalue weighted by molar-refractivity contribution is 0.0977. The fraction of sp³-hybridized carbons (Fsp3) is 0.400. The Morgan fingerprint density at radius 3 is 3.23 bits per heavy atom. The van der Waals surface area contributed by atoms with E-state index in [1.165, 1.54) is 0 Å². The number of aromatic nitrogens is 1. The highest BCUT2D eigenvalue weighted by Gasteiger charge is 2.21. The lowest BCUT2D eigenvalue weighted by atomic mass is 10.1. The zero-order chi connectivity index (χ0) is 9.26. The third-order valence-electron chi connectivity index (χ3n) is 2.34. The number of nitrogens with zero attached hydrogens (tertiary/aromatic N) is 1. The molecule has 0 aliphatic heterocycles. The Morgan fingerprint density at radius 2 is 2.38 bits per heavy atom. The van der Waals surface area contributed by atoms with Crippen LogP contribution in [0.3, 0.4) is 0 Å². The van der Waals surface area contributed by atoms with Crippen molar-refractivity contribution >= 4 is 5.78 Å². The van der Waals surface area contributed by atoms with Gasteiger partial charge in [0.05, 0.1) is 6.10 Å². The van der Waals surface area contributed by atoms with E-state index in [0.29, 0.717) is 24.1 Å². The predicted octanol–water partition coefficient (Wildman–Crippen LogP) is 1.48. The van der Waals surface area contributed by atoms with Gasteiger partial charge >= 0.3 is 0 Å². The van der Waals surface area contributed by atoms with Crippen LogP contribution in [0.1, 0.15) is 41.4 Å². The molecule has 2 rings (SSSR count). The first-order chi connectivity index (χ1) is 6.29. The molecule has 0 aromatic carbocycles. The molecule has 3 nitrogen and oxygen atoms in total. The number of carbonyl (C=O) groups excluding carboxylic acids is 1. The minimum atomic E-state index is -0.518. The van der Waals surface area contributed by atoms with Gasteiger partial charge in [0.1, 0.15) is 5.69 Å². The van der Waals surface area contributed by atoms with Gasteiger partial charge in [-0.1, -0.05) is 6.07 Å². The number of hydrogen-bond acceptors (Lipinski definition) is 3. The zero-order valence-corrected chi connectivity index (χ0v) is 7.23. The number of ketones is 1. The highest BCUT2D eigenvalue weighted by Crippen LogP contribution is 2.26. The van der Waals surface area contributed by atoms with Crippen LogP contribution >= 0.6 is 0 Å². The molecule has 1 aliphatic carbocycles. The summed E-state index contributed by atoms with van der Waals surface area (Å²) in [6.45, 7) is 0. The molecule has 0 radical (unpaired) electrons. The van der Waals surface area contributed by atoms with Crippen molar-refractivity contribution in [3.8, 4) is 0 Å². The van der Waals surface area contributed by atoms with Crippen molar-refractivity contribution < 1.29 is 9.90 Å². The van der Waals surface area contributed by atoms with E-state index < -0.39 is 6.10 Å². The molecule has 1 atom stereocenters. The zero-order valence-electron chi connectivity index (χ0n) is 7.23. The molecule has 3 heteroatoms. The van der Waals surface area contributed by atoms with Gasteiger partial charge in [0.15, 0.2) is 5.78 Å². The molecule has 0 spiro atoms. The Hall–Kier alpha value is -1.22. The minimum absolute atomic E-state index is 0.0483. The van der Waals surface area contributed by atoms with E-state index in [-0.39, 0.29) is 5.78 Å². The first-order valence-corrected chi connectivity index (χ1v) is 4.45. The number of Topliss-reactive ketones (excluding diaryl/α,β-unsaturated/α-hetero) is 1. The van der Waals surface area contributed by atoms with Gasteiger partial charge < -0.3 is 5.11 Å². The molecule has 0 bridgehead atoms. The minimum Gasteiger partial charge on any atom is -0.388 e. The van der Waals surface area contributed by atoms with Crippen LogP contribution in [0.5, 0.6) is 0 Å². The summed E-state index contributed by atoms with van der Waals surface area (Å²) >= 11 is 0. The normalized spacial score (nSPS) is 22.2. The molecule has 0 amide bonds. The second-order valence-electron chi connectivity index (χ2n) is 3.27. The summed E-state index contributed by atoms with van der Waals surface area (Å²) in [5, 5.41) is 9.67. The van der Waals surface area contributed by atoms with Crippen molar-refractivity contribution in [1.82, 2.24) is 4.98 Å². The summed E-state index contributed by atoms with van der Waals surface area (Å²) in [4.78, 5) is 15.5. The topological polar surface area (TPSA) is 50.2 Å². The van der Waals surface area contributed by atoms with Gasteiger partial charge in [-0.3, -0.25) is 9.78 Å². The van der Waals surface area contributed by atoms with Gasteiger partial charge in [-0.2, -0.15) is 0 Å². The number of rotatable bonds is 0. The molecule has 1 aliphatic rings. The second-order valence-corrected chi connectivity index (χ2v) is 3.27. The SMILES string of the molecule is O=C1CCC[C@H](O)c2cccnc21. The molecule has 1 N–H and O–H groups in total. The summed E-state index contributed by atoms with van der Waals surface area (Å²) in [5.74, 6) is 0.0483. The largest absolute Gasteiger partial charge is 0.388 e. The van der Waals surface area contributed by atoms with E-state index in [1.54, 1.807) is 18.3 Å². The first kappa shape index (κ1) is 8.38. The van der Waals surface area contributed by atoms with Crippen LogP contribution in [0, 0.1) is 0 Å². The number of aliphatic hydroxyl groups is 1. The van der Waals surface area contributed by atoms with Crippen molar-refractivity contribution in [2.75, 3.05) is 0 Å². The fourth-order valence-corrected chi connectivity index (χ4v) is 1.65. The number of carbonyl (C=O) groups is 1. The quantitative estimate of drug-likeness (QED) is 0.611. The van der Waals surface area contributed by atoms with Crippen molar-refractivity contribution in [3.05, 3.63) is 29.6 Å². The molecule has 1 aromatic heterocycles. The van der Waals surface area contributed by atoms with Gasteiger partial charge in [-0.15, -0.1) is 0 Å². The maximum absolute atomic E-state index is 11.5. The number of aliphatic hydroxyl groups excluding tert-OH is 1. The Balaban J connectivity index is 2.51. The number of hydrogen-bond donors (Lipinski definition) is 1. The molecule has 0 fully saturated rings. The average molecular weight is 177 g/mol. The maximum atomic E-state index is 11.5. The predicted molar refractivity (Wildman–Crippen MR) is 47.4 cm³/mol. The Bertz CT molecular complexity index is 335. The van der Waals surface area contributed by atoms with Crippen molar-refractivity contribution in [2.45, 2.75) is 25.4 Å². The third-order valence-corrected chi connectivity index (χ3v) is 2.34. The molecule has 68 valence electrons. The van der Waals surface area contributed by atoms with Crippen LogP contribution in [0.25, 0.3) is 0 Å². The van der Waals surface area contributed by atoms with Gasteiger partial charge in [0, 0.05) is 18.2 Å². The van der Waals surface area contributed by atoms with Gasteiger partial charge in [0.2, 0.25) is 0 Å². The summed E-state index contributed by atoms with van der Waals surface area (Å²) in [5.41, 5.74) is 1.14. The van der Waals surface area contributed by atoms with Crippen LogP contribution in [0.4, 0.5) is 0 Å². The van der Waals surface area contributed by atoms with Crippen molar-refractivity contribution in [2.24, 2.45) is 0 Å². The van der Waals surface area contributed by atoms with E-state index in [1.807, 2.05) is 0 Å². The van der Waals surface area contributed by atoms with Gasteiger partial charge in [-0.25, -0.2) is 0 Å². The number of fused-ring (bicyclic) bond motifs is 1. The smallest absolute Gasteiger partial charge is 0.181 e. The van der Waals surface area contributed by atoms with Crippen LogP contribution < -0.4 is 0 Å². The molecular formula is C10H11NO2. The van der Waals surface area contributed by atoms with E-state index in [0.717, 1.165) is 6.42 Å². The molecule has 1 heterocycles. The standard InChI is InChI=1S/C10H11NO2/c12-8-4-1-5-9(13)10-7(8)3-2-6-11-10/h2-3,6,8,12H,1,4-5H2/t8-/m0/s1. The lowest BCUT2D eigenvalue weighted by Crippen LogP contribution is -2.05. The fourth-order valence-electron chi connectivity index (χ4n) is 1.65. The van der Waals surface area contributed by atoms with Gasteiger partial charge in [-0.05, 0) is 18.9 Å². The molecule has 0 saturated carbocycles. The molecule has 0 saturated heterocycles. The van der Waals surface area contributed by atoms with E-state index in [4.69, 9.17) is 0 Å². The van der Waals surface area contributed by atoms with E-state index in [2.05, 4.69) is 4.98 Å². The van der Waals surface area contributed by atoms with Crippen LogP contribution in [0.15, 0.2) is 18.3 Å². The molecule has 13 heavy (non-hydrogen) atoms. The first-order valence-electron chi connectivity index (χ1n) is 4.45. The Morgan fingerprint density at radius 1 is 1.54 bits per heavy atom. The Kier molecular flexibility index (Phi) is 2.10. The molecule has 0 unspecified atom stereocenters. The molecular weight excluding hydrogens is 166 g/mol. The summed E-state index contributed by atoms with van der Waals surface area (Å²) in [6, 6.07) is 3.52. The lowest BCUT2D eigenvalue weighted by Gasteiger charge is -2.08. The third kappa shape index (κ3) is 1.47. The van der Waals surface area contributed by atoms with Gasteiger partial charge in [0.25, 0.3) is 0 Å². The number of pyridine rings is 1. The van der Waals surface area contributed by atoms with E-state index in [9.17, 15) is 9.90 Å². The molecule has 1 aromatic rings. The monoisotopic (exact) mass is 177 g/mol. The van der Waals surface area contributed by atoms with Crippen LogP contribution in [0.2, 0.25) is 0 Å². The summed E-state index contributed by atoms with van der Waals surface area (Å²) in [7, 11) is 0. The highest BCUT2D eigenvalue weighted by atomic mass is 16.3. The summed E-state index contributed by atoms with van der Waals surface area (Å²) < 4.78 is 0. The maximum Gasteiger partial charge on any atom is 0.181 e. The highest BCUT2D eigenvalue weighted by molar-refractivity contribution is 5.95. The van der Waals surface area contributed by atoms with Crippen molar-refractivity contribution in [1.29, 1.82) is 0 Å². The second kappa shape index (κ2) is 3.26. The van der Waals surface area contributed by atoms with Crippen LogP contribution in [-0.4, -0.2) is 15.9 Å². The summed E-state index contributed by atoms with van der Waals surface area (Å²) in [6.07, 6.45) is 2.98. The van der Waals surface area contributed by atoms with Crippen molar-refractivity contribution in [3.63, 3.8) is 0 Å². The van der Waals surface area contributed by atoms with E-state index >= 15 is 0 Å².